The van der Waals surface area contributed by atoms with E-state index in [1.807, 2.05) is 0 Å². The average molecular weight is 307 g/mol. The highest BCUT2D eigenvalue weighted by Crippen LogP contribution is 2.04. The number of amides is 2. The Morgan fingerprint density at radius 2 is 1.65 bits per heavy atom. The molecule has 9 heteroatoms. The van der Waals surface area contributed by atoms with E-state index in [1.165, 1.54) is 16.7 Å². The molecule has 1 fully saturated rings. The van der Waals surface area contributed by atoms with Crippen LogP contribution in [0.4, 0.5) is 4.79 Å². The molecule has 1 N–H and O–H groups in total. The van der Waals surface area contributed by atoms with Gasteiger partial charge in [0, 0.05) is 26.2 Å². The summed E-state index contributed by atoms with van der Waals surface area (Å²) in [5.74, 6) is -0.345. The maximum absolute atomic E-state index is 11.8. The van der Waals surface area contributed by atoms with Crippen molar-refractivity contribution in [2.24, 2.45) is 0 Å². The lowest BCUT2D eigenvalue weighted by atomic mass is 10.3. The zero-order valence-corrected chi connectivity index (χ0v) is 12.6. The van der Waals surface area contributed by atoms with Crippen molar-refractivity contribution in [2.75, 3.05) is 45.1 Å². The lowest BCUT2D eigenvalue weighted by molar-refractivity contribution is -0.131. The third kappa shape index (κ3) is 4.97. The SMILES string of the molecule is CCOC(=O)N1CCN(C(=O)CNS(=O)(=O)CC)CC1. The molecule has 20 heavy (non-hydrogen) atoms. The standard InChI is InChI=1S/C11H21N3O5S/c1-3-19-11(16)14-7-5-13(6-8-14)10(15)9-12-20(17,18)4-2/h12H,3-9H2,1-2H3. The van der Waals surface area contributed by atoms with Crippen LogP contribution in [0.1, 0.15) is 13.8 Å². The minimum atomic E-state index is -3.37. The summed E-state index contributed by atoms with van der Waals surface area (Å²) in [6, 6.07) is 0. The molecule has 0 radical (unpaired) electrons. The Labute approximate surface area is 119 Å². The highest BCUT2D eigenvalue weighted by atomic mass is 32.2. The first kappa shape index (κ1) is 16.7. The molecule has 2 amide bonds. The summed E-state index contributed by atoms with van der Waals surface area (Å²) in [4.78, 5) is 26.4. The molecule has 0 unspecified atom stereocenters. The summed E-state index contributed by atoms with van der Waals surface area (Å²) < 4.78 is 29.6. The Bertz CT molecular complexity index is 443. The van der Waals surface area contributed by atoms with Gasteiger partial charge in [-0.3, -0.25) is 4.79 Å². The third-order valence-electron chi connectivity index (χ3n) is 2.98. The minimum absolute atomic E-state index is 0.0586. The second kappa shape index (κ2) is 7.44. The topological polar surface area (TPSA) is 96.0 Å². The molecule has 0 aliphatic carbocycles. The fraction of sp³-hybridized carbons (Fsp3) is 0.818. The average Bonchev–Trinajstić information content (AvgIpc) is 2.45. The summed E-state index contributed by atoms with van der Waals surface area (Å²) in [5.41, 5.74) is 0. The van der Waals surface area contributed by atoms with Gasteiger partial charge < -0.3 is 14.5 Å². The Morgan fingerprint density at radius 1 is 1.10 bits per heavy atom. The monoisotopic (exact) mass is 307 g/mol. The van der Waals surface area contributed by atoms with E-state index in [0.29, 0.717) is 32.8 Å². The van der Waals surface area contributed by atoms with E-state index in [4.69, 9.17) is 4.74 Å². The van der Waals surface area contributed by atoms with Crippen molar-refractivity contribution in [1.82, 2.24) is 14.5 Å². The molecule has 8 nitrogen and oxygen atoms in total. The number of piperazine rings is 1. The first-order valence-corrected chi connectivity index (χ1v) is 8.21. The Hall–Kier alpha value is -1.35. The van der Waals surface area contributed by atoms with Crippen LogP contribution in [-0.4, -0.2) is 75.3 Å². The van der Waals surface area contributed by atoms with Gasteiger partial charge >= 0.3 is 6.09 Å². The number of nitrogens with one attached hydrogen (secondary N) is 1. The van der Waals surface area contributed by atoms with Crippen LogP contribution in [0.2, 0.25) is 0 Å². The van der Waals surface area contributed by atoms with Crippen molar-refractivity contribution >= 4 is 22.0 Å². The van der Waals surface area contributed by atoms with Crippen molar-refractivity contribution in [1.29, 1.82) is 0 Å². The Kier molecular flexibility index (Phi) is 6.21. The maximum atomic E-state index is 11.8. The fourth-order valence-corrected chi connectivity index (χ4v) is 2.29. The van der Waals surface area contributed by atoms with Crippen molar-refractivity contribution < 1.29 is 22.7 Å². The number of rotatable bonds is 5. The molecule has 0 bridgehead atoms. The molecule has 116 valence electrons. The molecule has 1 rings (SSSR count). The predicted octanol–water partition coefficient (Wildman–Crippen LogP) is -0.774. The predicted molar refractivity (Wildman–Crippen MR) is 72.6 cm³/mol. The van der Waals surface area contributed by atoms with Gasteiger partial charge in [-0.1, -0.05) is 0 Å². The zero-order valence-electron chi connectivity index (χ0n) is 11.8. The van der Waals surface area contributed by atoms with Crippen LogP contribution >= 0.6 is 0 Å². The van der Waals surface area contributed by atoms with E-state index >= 15 is 0 Å². The van der Waals surface area contributed by atoms with E-state index < -0.39 is 10.0 Å². The first-order chi connectivity index (χ1) is 9.39. The molecule has 1 aliphatic heterocycles. The Morgan fingerprint density at radius 3 is 2.15 bits per heavy atom. The smallest absolute Gasteiger partial charge is 0.409 e. The number of hydrogen-bond donors (Lipinski definition) is 1. The third-order valence-corrected chi connectivity index (χ3v) is 4.33. The van der Waals surface area contributed by atoms with E-state index in [2.05, 4.69) is 4.72 Å². The number of hydrogen-bond acceptors (Lipinski definition) is 5. The van der Waals surface area contributed by atoms with Crippen molar-refractivity contribution in [2.45, 2.75) is 13.8 Å². The number of nitrogens with zero attached hydrogens (tertiary/aromatic N) is 2. The molecule has 0 atom stereocenters. The van der Waals surface area contributed by atoms with Gasteiger partial charge in [0.05, 0.1) is 18.9 Å². The van der Waals surface area contributed by atoms with Gasteiger partial charge in [0.15, 0.2) is 0 Å². The number of carbonyl (C=O) groups is 2. The molecule has 1 saturated heterocycles. The van der Waals surface area contributed by atoms with Gasteiger partial charge in [0.1, 0.15) is 0 Å². The van der Waals surface area contributed by atoms with Crippen LogP contribution in [0.5, 0.6) is 0 Å². The van der Waals surface area contributed by atoms with Crippen molar-refractivity contribution in [3.05, 3.63) is 0 Å². The lowest BCUT2D eigenvalue weighted by Crippen LogP contribution is -2.52. The maximum Gasteiger partial charge on any atom is 0.409 e. The molecule has 1 aliphatic rings. The van der Waals surface area contributed by atoms with Crippen molar-refractivity contribution in [3.63, 3.8) is 0 Å². The van der Waals surface area contributed by atoms with Crippen LogP contribution in [0.15, 0.2) is 0 Å². The fourth-order valence-electron chi connectivity index (χ4n) is 1.74. The largest absolute Gasteiger partial charge is 0.450 e. The summed E-state index contributed by atoms with van der Waals surface area (Å²) in [7, 11) is -3.37. The van der Waals surface area contributed by atoms with Gasteiger partial charge in [-0.05, 0) is 13.8 Å². The number of ether oxygens (including phenoxy) is 1. The number of carbonyl (C=O) groups excluding carboxylic acids is 2. The lowest BCUT2D eigenvalue weighted by Gasteiger charge is -2.34. The zero-order chi connectivity index (χ0) is 15.2. The van der Waals surface area contributed by atoms with Gasteiger partial charge in [-0.25, -0.2) is 17.9 Å². The molecule has 0 aromatic carbocycles. The second-order valence-corrected chi connectivity index (χ2v) is 6.39. The minimum Gasteiger partial charge on any atom is -0.450 e. The molecular weight excluding hydrogens is 286 g/mol. The van der Waals surface area contributed by atoms with Crippen LogP contribution < -0.4 is 4.72 Å². The number of sulfonamides is 1. The van der Waals surface area contributed by atoms with E-state index in [-0.39, 0.29) is 24.3 Å². The molecule has 0 aromatic rings. The molecule has 0 spiro atoms. The highest BCUT2D eigenvalue weighted by molar-refractivity contribution is 7.89. The summed E-state index contributed by atoms with van der Waals surface area (Å²) >= 11 is 0. The van der Waals surface area contributed by atoms with E-state index in [0.717, 1.165) is 0 Å². The normalized spacial score (nSPS) is 16.1. The first-order valence-electron chi connectivity index (χ1n) is 6.56. The Balaban J connectivity index is 2.38. The molecular formula is C11H21N3O5S. The van der Waals surface area contributed by atoms with Crippen LogP contribution in [0.25, 0.3) is 0 Å². The van der Waals surface area contributed by atoms with Crippen LogP contribution in [-0.2, 0) is 19.6 Å². The van der Waals surface area contributed by atoms with Crippen molar-refractivity contribution in [3.8, 4) is 0 Å². The van der Waals surface area contributed by atoms with Gasteiger partial charge in [0.25, 0.3) is 0 Å². The molecule has 1 heterocycles. The summed E-state index contributed by atoms with van der Waals surface area (Å²) in [6.07, 6.45) is -0.383. The molecule has 0 saturated carbocycles. The van der Waals surface area contributed by atoms with Gasteiger partial charge in [-0.15, -0.1) is 0 Å². The summed E-state index contributed by atoms with van der Waals surface area (Å²) in [5, 5.41) is 0. The summed E-state index contributed by atoms with van der Waals surface area (Å²) in [6.45, 7) is 4.86. The van der Waals surface area contributed by atoms with E-state index in [9.17, 15) is 18.0 Å². The van der Waals surface area contributed by atoms with E-state index in [1.54, 1.807) is 6.92 Å². The highest BCUT2D eigenvalue weighted by Gasteiger charge is 2.25. The van der Waals surface area contributed by atoms with Crippen LogP contribution in [0, 0.1) is 0 Å². The quantitative estimate of drug-likeness (QED) is 0.719. The van der Waals surface area contributed by atoms with Gasteiger partial charge in [0.2, 0.25) is 15.9 Å². The van der Waals surface area contributed by atoms with Crippen LogP contribution in [0.3, 0.4) is 0 Å². The molecule has 0 aromatic heterocycles. The van der Waals surface area contributed by atoms with Gasteiger partial charge in [-0.2, -0.15) is 0 Å². The second-order valence-electron chi connectivity index (χ2n) is 4.29.